The molecule has 0 atom stereocenters. The normalized spacial score (nSPS) is 10.8. The maximum Gasteiger partial charge on any atom is 0.308 e. The van der Waals surface area contributed by atoms with Crippen molar-refractivity contribution in [3.05, 3.63) is 35.9 Å². The molecule has 116 valence electrons. The number of carbonyl (C=O) groups excluding carboxylic acids is 1. The van der Waals surface area contributed by atoms with Gasteiger partial charge in [0.1, 0.15) is 12.1 Å². The Kier molecular flexibility index (Phi) is 5.07. The quantitative estimate of drug-likeness (QED) is 0.547. The van der Waals surface area contributed by atoms with E-state index in [0.717, 1.165) is 18.8 Å². The lowest BCUT2D eigenvalue weighted by Gasteiger charge is -2.21. The average molecular weight is 302 g/mol. The highest BCUT2D eigenvalue weighted by atomic mass is 16.3. The Balaban J connectivity index is 2.04. The van der Waals surface area contributed by atoms with Crippen molar-refractivity contribution in [2.75, 3.05) is 18.0 Å². The molecule has 1 amide bonds. The van der Waals surface area contributed by atoms with E-state index in [1.54, 1.807) is 12.1 Å². The summed E-state index contributed by atoms with van der Waals surface area (Å²) < 4.78 is 0. The van der Waals surface area contributed by atoms with Gasteiger partial charge in [-0.2, -0.15) is 10.2 Å². The summed E-state index contributed by atoms with van der Waals surface area (Å²) in [7, 11) is 0. The van der Waals surface area contributed by atoms with Crippen LogP contribution in [0.3, 0.4) is 0 Å². The summed E-state index contributed by atoms with van der Waals surface area (Å²) in [6.45, 7) is 5.82. The van der Waals surface area contributed by atoms with Crippen LogP contribution in [-0.4, -0.2) is 45.5 Å². The van der Waals surface area contributed by atoms with Crippen LogP contribution in [0.1, 0.15) is 30.0 Å². The Morgan fingerprint density at radius 3 is 2.82 bits per heavy atom. The van der Waals surface area contributed by atoms with Crippen LogP contribution in [0.2, 0.25) is 0 Å². The van der Waals surface area contributed by atoms with Crippen molar-refractivity contribution in [2.45, 2.75) is 13.8 Å². The van der Waals surface area contributed by atoms with E-state index >= 15 is 0 Å². The van der Waals surface area contributed by atoms with Gasteiger partial charge in [-0.1, -0.05) is 0 Å². The molecule has 0 saturated carbocycles. The topological polar surface area (TPSA) is 107 Å². The molecule has 0 aliphatic rings. The first kappa shape index (κ1) is 15.5. The van der Waals surface area contributed by atoms with Crippen LogP contribution in [0.15, 0.2) is 29.6 Å². The summed E-state index contributed by atoms with van der Waals surface area (Å²) in [5.74, 6) is -0.340. The third kappa shape index (κ3) is 3.60. The van der Waals surface area contributed by atoms with Gasteiger partial charge in [0.15, 0.2) is 0 Å². The molecule has 2 aromatic rings. The molecule has 3 N–H and O–H groups in total. The van der Waals surface area contributed by atoms with E-state index in [2.05, 4.69) is 44.5 Å². The number of aromatic hydroxyl groups is 1. The number of hydrazone groups is 1. The van der Waals surface area contributed by atoms with Crippen molar-refractivity contribution in [1.29, 1.82) is 0 Å². The van der Waals surface area contributed by atoms with Gasteiger partial charge in [0, 0.05) is 30.4 Å². The smallest absolute Gasteiger partial charge is 0.308 e. The number of phenols is 1. The third-order valence-corrected chi connectivity index (χ3v) is 3.14. The van der Waals surface area contributed by atoms with E-state index in [9.17, 15) is 9.90 Å². The van der Waals surface area contributed by atoms with Crippen LogP contribution >= 0.6 is 0 Å². The van der Waals surface area contributed by atoms with Crippen LogP contribution < -0.4 is 10.3 Å². The molecule has 22 heavy (non-hydrogen) atoms. The largest absolute Gasteiger partial charge is 0.507 e. The number of carbonyl (C=O) groups is 1. The number of benzene rings is 1. The summed E-state index contributed by atoms with van der Waals surface area (Å²) in [5, 5.41) is 19.8. The Morgan fingerprint density at radius 2 is 2.23 bits per heavy atom. The molecule has 0 spiro atoms. The lowest BCUT2D eigenvalue weighted by atomic mass is 10.2. The maximum atomic E-state index is 11.6. The Hall–Kier alpha value is -2.90. The van der Waals surface area contributed by atoms with Crippen LogP contribution in [-0.2, 0) is 0 Å². The molecule has 0 bridgehead atoms. The standard InChI is InChI=1S/C14H18N6O2/c1-3-20(4-2)11-6-5-10(12(21)7-11)8-16-19-14(22)13-15-9-17-18-13/h5-9,21H,3-4H2,1-2H3,(H,19,22)(H,15,17,18)/b16-8-. The number of rotatable bonds is 6. The molecule has 1 aromatic carbocycles. The SMILES string of the molecule is CCN(CC)c1ccc(/C=N\NC(=O)c2ncn[nH]2)c(O)c1. The van der Waals surface area contributed by atoms with E-state index in [0.29, 0.717) is 5.56 Å². The fraction of sp³-hybridized carbons (Fsp3) is 0.286. The van der Waals surface area contributed by atoms with E-state index in [1.165, 1.54) is 12.5 Å². The summed E-state index contributed by atoms with van der Waals surface area (Å²) in [5.41, 5.74) is 3.74. The molecule has 0 radical (unpaired) electrons. The molecule has 2 rings (SSSR count). The highest BCUT2D eigenvalue weighted by molar-refractivity contribution is 5.91. The van der Waals surface area contributed by atoms with Crippen molar-refractivity contribution in [3.8, 4) is 5.75 Å². The summed E-state index contributed by atoms with van der Waals surface area (Å²) in [6, 6.07) is 5.31. The Morgan fingerprint density at radius 1 is 1.45 bits per heavy atom. The monoisotopic (exact) mass is 302 g/mol. The molecule has 8 nitrogen and oxygen atoms in total. The van der Waals surface area contributed by atoms with Crippen LogP contribution in [0, 0.1) is 0 Å². The first-order valence-electron chi connectivity index (χ1n) is 6.92. The summed E-state index contributed by atoms with van der Waals surface area (Å²) >= 11 is 0. The minimum absolute atomic E-state index is 0.0678. The maximum absolute atomic E-state index is 11.6. The highest BCUT2D eigenvalue weighted by Gasteiger charge is 2.07. The first-order chi connectivity index (χ1) is 10.7. The number of amides is 1. The predicted octanol–water partition coefficient (Wildman–Crippen LogP) is 1.12. The van der Waals surface area contributed by atoms with Gasteiger partial charge in [-0.25, -0.2) is 10.4 Å². The molecule has 0 unspecified atom stereocenters. The molecule has 1 aromatic heterocycles. The zero-order valence-electron chi connectivity index (χ0n) is 12.4. The van der Waals surface area contributed by atoms with Gasteiger partial charge >= 0.3 is 5.91 Å². The first-order valence-corrected chi connectivity index (χ1v) is 6.92. The van der Waals surface area contributed by atoms with Crippen molar-refractivity contribution < 1.29 is 9.90 Å². The summed E-state index contributed by atoms with van der Waals surface area (Å²) in [4.78, 5) is 17.4. The molecule has 0 fully saturated rings. The number of H-pyrrole nitrogens is 1. The lowest BCUT2D eigenvalue weighted by Crippen LogP contribution is -2.21. The van der Waals surface area contributed by atoms with Gasteiger partial charge in [-0.05, 0) is 26.0 Å². The zero-order chi connectivity index (χ0) is 15.9. The van der Waals surface area contributed by atoms with E-state index in [4.69, 9.17) is 0 Å². The Labute approximate surface area is 127 Å². The third-order valence-electron chi connectivity index (χ3n) is 3.14. The molecule has 0 aliphatic carbocycles. The van der Waals surface area contributed by atoms with Crippen LogP contribution in [0.4, 0.5) is 5.69 Å². The summed E-state index contributed by atoms with van der Waals surface area (Å²) in [6.07, 6.45) is 2.60. The number of aromatic amines is 1. The minimum Gasteiger partial charge on any atom is -0.507 e. The second-order valence-corrected chi connectivity index (χ2v) is 4.45. The van der Waals surface area contributed by atoms with Crippen LogP contribution in [0.25, 0.3) is 0 Å². The number of nitrogens with zero attached hydrogens (tertiary/aromatic N) is 4. The molecule has 0 saturated heterocycles. The van der Waals surface area contributed by atoms with Crippen LogP contribution in [0.5, 0.6) is 5.75 Å². The zero-order valence-corrected chi connectivity index (χ0v) is 12.4. The average Bonchev–Trinajstić information content (AvgIpc) is 3.05. The van der Waals surface area contributed by atoms with E-state index < -0.39 is 5.91 Å². The van der Waals surface area contributed by atoms with Gasteiger partial charge in [-0.3, -0.25) is 9.89 Å². The fourth-order valence-corrected chi connectivity index (χ4v) is 1.95. The minimum atomic E-state index is -0.506. The number of nitrogens with one attached hydrogen (secondary N) is 2. The number of phenolic OH excluding ortho intramolecular Hbond substituents is 1. The number of anilines is 1. The van der Waals surface area contributed by atoms with Crippen molar-refractivity contribution >= 4 is 17.8 Å². The highest BCUT2D eigenvalue weighted by Crippen LogP contribution is 2.23. The second kappa shape index (κ2) is 7.21. The molecular formula is C14H18N6O2. The number of hydrogen-bond donors (Lipinski definition) is 3. The predicted molar refractivity (Wildman–Crippen MR) is 83.1 cm³/mol. The fourth-order valence-electron chi connectivity index (χ4n) is 1.95. The molecular weight excluding hydrogens is 284 g/mol. The second-order valence-electron chi connectivity index (χ2n) is 4.45. The van der Waals surface area contributed by atoms with E-state index in [1.807, 2.05) is 6.07 Å². The van der Waals surface area contributed by atoms with Gasteiger partial charge in [0.25, 0.3) is 0 Å². The van der Waals surface area contributed by atoms with Crippen molar-refractivity contribution in [1.82, 2.24) is 20.6 Å². The Bertz CT molecular complexity index is 649. The molecule has 1 heterocycles. The molecule has 8 heteroatoms. The lowest BCUT2D eigenvalue weighted by molar-refractivity contribution is 0.0945. The van der Waals surface area contributed by atoms with Gasteiger partial charge in [-0.15, -0.1) is 0 Å². The molecule has 0 aliphatic heterocycles. The number of hydrogen-bond acceptors (Lipinski definition) is 6. The van der Waals surface area contributed by atoms with E-state index in [-0.39, 0.29) is 11.6 Å². The van der Waals surface area contributed by atoms with Gasteiger partial charge < -0.3 is 10.0 Å². The van der Waals surface area contributed by atoms with Crippen molar-refractivity contribution in [2.24, 2.45) is 5.10 Å². The van der Waals surface area contributed by atoms with Gasteiger partial charge in [0.05, 0.1) is 6.21 Å². The van der Waals surface area contributed by atoms with Crippen molar-refractivity contribution in [3.63, 3.8) is 0 Å². The number of aromatic nitrogens is 3. The van der Waals surface area contributed by atoms with Gasteiger partial charge in [0.2, 0.25) is 5.82 Å².